The quantitative estimate of drug-likeness (QED) is 0.299. The van der Waals surface area contributed by atoms with Crippen LogP contribution >= 0.6 is 31.9 Å². The number of amides is 1. The molecule has 0 heterocycles. The van der Waals surface area contributed by atoms with Crippen molar-refractivity contribution in [1.82, 2.24) is 5.32 Å². The standard InChI is InChI=1S/C25H19Br2NO3/c26-18-11-13-22(20(27)14-18)31-15-23(30)28-25(17-7-2-1-3-8-17)24-19-9-5-4-6-16(19)10-12-21(24)29/h1-14,25,29H,15H2,(H,28,30). The van der Waals surface area contributed by atoms with Crippen LogP contribution in [-0.4, -0.2) is 17.6 Å². The van der Waals surface area contributed by atoms with Crippen LogP contribution in [-0.2, 0) is 4.79 Å². The number of carbonyl (C=O) groups is 1. The van der Waals surface area contributed by atoms with Crippen LogP contribution in [0.3, 0.4) is 0 Å². The van der Waals surface area contributed by atoms with Gasteiger partial charge >= 0.3 is 0 Å². The summed E-state index contributed by atoms with van der Waals surface area (Å²) in [5, 5.41) is 15.6. The molecule has 1 atom stereocenters. The number of nitrogens with one attached hydrogen (secondary N) is 1. The summed E-state index contributed by atoms with van der Waals surface area (Å²) >= 11 is 6.84. The van der Waals surface area contributed by atoms with E-state index in [1.807, 2.05) is 72.8 Å². The molecule has 0 fully saturated rings. The fourth-order valence-electron chi connectivity index (χ4n) is 3.49. The third-order valence-corrected chi connectivity index (χ3v) is 6.04. The zero-order chi connectivity index (χ0) is 21.8. The van der Waals surface area contributed by atoms with Crippen LogP contribution in [0.2, 0.25) is 0 Å². The number of fused-ring (bicyclic) bond motifs is 1. The van der Waals surface area contributed by atoms with E-state index in [1.54, 1.807) is 12.1 Å². The molecule has 4 aromatic carbocycles. The second-order valence-electron chi connectivity index (χ2n) is 6.99. The first-order chi connectivity index (χ1) is 15.0. The SMILES string of the molecule is O=C(COc1ccc(Br)cc1Br)NC(c1ccccc1)c1c(O)ccc2ccccc12. The largest absolute Gasteiger partial charge is 0.508 e. The van der Waals surface area contributed by atoms with Crippen LogP contribution in [0, 0.1) is 0 Å². The van der Waals surface area contributed by atoms with Crippen LogP contribution in [0.5, 0.6) is 11.5 Å². The zero-order valence-corrected chi connectivity index (χ0v) is 19.6. The van der Waals surface area contributed by atoms with Crippen molar-refractivity contribution in [2.45, 2.75) is 6.04 Å². The highest BCUT2D eigenvalue weighted by Crippen LogP contribution is 2.36. The van der Waals surface area contributed by atoms with E-state index in [-0.39, 0.29) is 18.3 Å². The minimum absolute atomic E-state index is 0.129. The van der Waals surface area contributed by atoms with Gasteiger partial charge in [-0.3, -0.25) is 4.79 Å². The van der Waals surface area contributed by atoms with E-state index in [0.717, 1.165) is 25.3 Å². The van der Waals surface area contributed by atoms with E-state index in [1.165, 1.54) is 0 Å². The highest BCUT2D eigenvalue weighted by atomic mass is 79.9. The summed E-state index contributed by atoms with van der Waals surface area (Å²) in [5.74, 6) is 0.406. The van der Waals surface area contributed by atoms with Gasteiger partial charge in [-0.25, -0.2) is 0 Å². The first-order valence-electron chi connectivity index (χ1n) is 9.65. The summed E-state index contributed by atoms with van der Waals surface area (Å²) < 4.78 is 7.36. The van der Waals surface area contributed by atoms with Gasteiger partial charge < -0.3 is 15.2 Å². The maximum atomic E-state index is 12.9. The van der Waals surface area contributed by atoms with Gasteiger partial charge in [0.05, 0.1) is 10.5 Å². The van der Waals surface area contributed by atoms with Crippen molar-refractivity contribution in [1.29, 1.82) is 0 Å². The van der Waals surface area contributed by atoms with Gasteiger partial charge in [0, 0.05) is 10.0 Å². The molecule has 2 N–H and O–H groups in total. The number of aromatic hydroxyl groups is 1. The molecular weight excluding hydrogens is 522 g/mol. The third-order valence-electron chi connectivity index (χ3n) is 4.93. The molecule has 156 valence electrons. The van der Waals surface area contributed by atoms with Gasteiger partial charge in [0.1, 0.15) is 11.5 Å². The van der Waals surface area contributed by atoms with Gasteiger partial charge in [-0.05, 0) is 56.5 Å². The second kappa shape index (κ2) is 9.54. The molecular formula is C25H19Br2NO3. The van der Waals surface area contributed by atoms with E-state index >= 15 is 0 Å². The topological polar surface area (TPSA) is 58.6 Å². The Morgan fingerprint density at radius 3 is 2.45 bits per heavy atom. The van der Waals surface area contributed by atoms with Crippen LogP contribution in [0.4, 0.5) is 0 Å². The van der Waals surface area contributed by atoms with E-state index in [9.17, 15) is 9.90 Å². The van der Waals surface area contributed by atoms with Gasteiger partial charge in [-0.2, -0.15) is 0 Å². The van der Waals surface area contributed by atoms with Crippen LogP contribution in [0.25, 0.3) is 10.8 Å². The van der Waals surface area contributed by atoms with Gasteiger partial charge in [0.15, 0.2) is 6.61 Å². The van der Waals surface area contributed by atoms with Gasteiger partial charge in [0.25, 0.3) is 5.91 Å². The lowest BCUT2D eigenvalue weighted by Crippen LogP contribution is -2.33. The molecule has 0 radical (unpaired) electrons. The van der Waals surface area contributed by atoms with E-state index in [4.69, 9.17) is 4.74 Å². The maximum Gasteiger partial charge on any atom is 0.258 e. The average molecular weight is 541 g/mol. The van der Waals surface area contributed by atoms with Crippen molar-refractivity contribution in [2.24, 2.45) is 0 Å². The molecule has 0 aromatic heterocycles. The Labute approximate surface area is 197 Å². The van der Waals surface area contributed by atoms with Gasteiger partial charge in [-0.1, -0.05) is 76.6 Å². The third kappa shape index (κ3) is 4.92. The molecule has 4 aromatic rings. The highest BCUT2D eigenvalue weighted by molar-refractivity contribution is 9.11. The van der Waals surface area contributed by atoms with Gasteiger partial charge in [0.2, 0.25) is 0 Å². The Hall–Kier alpha value is -2.83. The average Bonchev–Trinajstić information content (AvgIpc) is 2.78. The Morgan fingerprint density at radius 1 is 0.935 bits per heavy atom. The number of halogens is 2. The molecule has 1 unspecified atom stereocenters. The Bertz CT molecular complexity index is 1230. The summed E-state index contributed by atoms with van der Waals surface area (Å²) in [6.07, 6.45) is 0. The van der Waals surface area contributed by atoms with Crippen LogP contribution in [0.15, 0.2) is 93.9 Å². The van der Waals surface area contributed by atoms with Crippen molar-refractivity contribution >= 4 is 48.5 Å². The molecule has 4 nitrogen and oxygen atoms in total. The maximum absolute atomic E-state index is 12.9. The minimum Gasteiger partial charge on any atom is -0.508 e. The number of phenols is 1. The predicted molar refractivity (Wildman–Crippen MR) is 129 cm³/mol. The summed E-state index contributed by atoms with van der Waals surface area (Å²) in [6.45, 7) is -0.158. The lowest BCUT2D eigenvalue weighted by molar-refractivity contribution is -0.123. The molecule has 31 heavy (non-hydrogen) atoms. The fourth-order valence-corrected chi connectivity index (χ4v) is 4.65. The van der Waals surface area contributed by atoms with E-state index in [2.05, 4.69) is 37.2 Å². The molecule has 0 bridgehead atoms. The monoisotopic (exact) mass is 539 g/mol. The van der Waals surface area contributed by atoms with Crippen molar-refractivity contribution < 1.29 is 14.6 Å². The van der Waals surface area contributed by atoms with Crippen molar-refractivity contribution in [3.63, 3.8) is 0 Å². The van der Waals surface area contributed by atoms with Crippen molar-refractivity contribution in [3.8, 4) is 11.5 Å². The number of phenolic OH excluding ortho intramolecular Hbond substituents is 1. The minimum atomic E-state index is -0.531. The van der Waals surface area contributed by atoms with Gasteiger partial charge in [-0.15, -0.1) is 0 Å². The Morgan fingerprint density at radius 2 is 1.68 bits per heavy atom. The summed E-state index contributed by atoms with van der Waals surface area (Å²) in [7, 11) is 0. The predicted octanol–water partition coefficient (Wildman–Crippen LogP) is 6.36. The lowest BCUT2D eigenvalue weighted by Gasteiger charge is -2.23. The molecule has 0 saturated heterocycles. The number of rotatable bonds is 6. The van der Waals surface area contributed by atoms with Crippen molar-refractivity contribution in [2.75, 3.05) is 6.61 Å². The number of hydrogen-bond acceptors (Lipinski definition) is 3. The molecule has 1 amide bonds. The first kappa shape index (κ1) is 21.4. The van der Waals surface area contributed by atoms with Crippen LogP contribution in [0.1, 0.15) is 17.2 Å². The summed E-state index contributed by atoms with van der Waals surface area (Å²) in [4.78, 5) is 12.9. The fraction of sp³-hybridized carbons (Fsp3) is 0.0800. The Kier molecular flexibility index (Phi) is 6.59. The molecule has 0 aliphatic heterocycles. The molecule has 0 spiro atoms. The normalized spacial score (nSPS) is 11.8. The number of benzene rings is 4. The summed E-state index contributed by atoms with van der Waals surface area (Å²) in [6, 6.07) is 25.9. The van der Waals surface area contributed by atoms with Crippen molar-refractivity contribution in [3.05, 3.63) is 105 Å². The number of ether oxygens (including phenoxy) is 1. The lowest BCUT2D eigenvalue weighted by atomic mass is 9.92. The molecule has 0 aliphatic rings. The zero-order valence-electron chi connectivity index (χ0n) is 16.4. The highest BCUT2D eigenvalue weighted by Gasteiger charge is 2.22. The number of hydrogen-bond donors (Lipinski definition) is 2. The summed E-state index contributed by atoms with van der Waals surface area (Å²) in [5.41, 5.74) is 1.52. The van der Waals surface area contributed by atoms with E-state index in [0.29, 0.717) is 11.3 Å². The van der Waals surface area contributed by atoms with E-state index < -0.39 is 6.04 Å². The van der Waals surface area contributed by atoms with Crippen LogP contribution < -0.4 is 10.1 Å². The molecule has 0 saturated carbocycles. The smallest absolute Gasteiger partial charge is 0.258 e. The second-order valence-corrected chi connectivity index (χ2v) is 8.76. The molecule has 4 rings (SSSR count). The molecule has 6 heteroatoms. The Balaban J connectivity index is 1.64. The molecule has 0 aliphatic carbocycles. The number of carbonyl (C=O) groups excluding carboxylic acids is 1. The first-order valence-corrected chi connectivity index (χ1v) is 11.2.